The van der Waals surface area contributed by atoms with E-state index in [9.17, 15) is 9.59 Å². The van der Waals surface area contributed by atoms with Crippen LogP contribution in [-0.2, 0) is 14.3 Å². The van der Waals surface area contributed by atoms with Gasteiger partial charge in [-0.15, -0.1) is 0 Å². The Kier molecular flexibility index (Phi) is 6.04. The van der Waals surface area contributed by atoms with Gasteiger partial charge in [-0.25, -0.2) is 0 Å². The molecule has 1 aliphatic heterocycles. The van der Waals surface area contributed by atoms with Crippen molar-refractivity contribution in [2.45, 2.75) is 13.3 Å². The Morgan fingerprint density at radius 3 is 2.15 bits per heavy atom. The van der Waals surface area contributed by atoms with Crippen LogP contribution in [-0.4, -0.2) is 43.5 Å². The summed E-state index contributed by atoms with van der Waals surface area (Å²) in [5.41, 5.74) is 2.55. The number of hydrogen-bond acceptors (Lipinski definition) is 4. The second-order valence-corrected chi connectivity index (χ2v) is 6.28. The molecule has 1 heterocycles. The Morgan fingerprint density at radius 1 is 0.926 bits per heavy atom. The molecular weight excluding hydrogens is 340 g/mol. The molecule has 0 unspecified atom stereocenters. The van der Waals surface area contributed by atoms with Crippen molar-refractivity contribution in [3.8, 4) is 0 Å². The first-order chi connectivity index (χ1) is 13.2. The van der Waals surface area contributed by atoms with Gasteiger partial charge in [-0.3, -0.25) is 14.5 Å². The summed E-state index contributed by atoms with van der Waals surface area (Å²) < 4.78 is 5.08. The van der Waals surface area contributed by atoms with E-state index in [1.165, 1.54) is 4.90 Å². The fourth-order valence-electron chi connectivity index (χ4n) is 3.33. The Morgan fingerprint density at radius 2 is 1.56 bits per heavy atom. The molecule has 0 aliphatic carbocycles. The third kappa shape index (κ3) is 3.78. The van der Waals surface area contributed by atoms with Gasteiger partial charge in [0.1, 0.15) is 5.70 Å². The third-order valence-electron chi connectivity index (χ3n) is 4.59. The molecule has 140 valence electrons. The van der Waals surface area contributed by atoms with E-state index in [0.717, 1.165) is 11.3 Å². The first kappa shape index (κ1) is 18.9. The first-order valence-corrected chi connectivity index (χ1v) is 9.16. The highest BCUT2D eigenvalue weighted by atomic mass is 16.5. The first-order valence-electron chi connectivity index (χ1n) is 9.16. The van der Waals surface area contributed by atoms with Crippen molar-refractivity contribution >= 4 is 23.1 Å². The Labute approximate surface area is 159 Å². The summed E-state index contributed by atoms with van der Waals surface area (Å²) >= 11 is 0. The fourth-order valence-corrected chi connectivity index (χ4v) is 3.33. The number of nitrogens with zero attached hydrogens (tertiary/aromatic N) is 2. The number of carbonyl (C=O) groups is 2. The minimum atomic E-state index is -0.249. The number of hydrogen-bond donors (Lipinski definition) is 0. The summed E-state index contributed by atoms with van der Waals surface area (Å²) in [5, 5.41) is 0. The van der Waals surface area contributed by atoms with E-state index in [1.807, 2.05) is 72.5 Å². The van der Waals surface area contributed by atoms with Crippen molar-refractivity contribution < 1.29 is 14.3 Å². The molecule has 1 aliphatic rings. The maximum Gasteiger partial charge on any atom is 0.278 e. The molecule has 0 N–H and O–H groups in total. The third-order valence-corrected chi connectivity index (χ3v) is 4.59. The molecule has 27 heavy (non-hydrogen) atoms. The lowest BCUT2D eigenvalue weighted by molar-refractivity contribution is -0.137. The zero-order chi connectivity index (χ0) is 19.2. The van der Waals surface area contributed by atoms with Gasteiger partial charge in [-0.2, -0.15) is 0 Å². The van der Waals surface area contributed by atoms with E-state index in [0.29, 0.717) is 37.4 Å². The highest BCUT2D eigenvalue weighted by Crippen LogP contribution is 2.34. The Bertz CT molecular complexity index is 831. The van der Waals surface area contributed by atoms with Crippen LogP contribution >= 0.6 is 0 Å². The number of imide groups is 1. The number of methoxy groups -OCH3 is 1. The minimum Gasteiger partial charge on any atom is -0.385 e. The molecule has 0 aromatic heterocycles. The SMILES string of the molecule is CCN(C1=C(c2ccccc2)C(=O)N(CCCOC)C1=O)c1ccccc1. The lowest BCUT2D eigenvalue weighted by Crippen LogP contribution is -2.36. The van der Waals surface area contributed by atoms with Gasteiger partial charge < -0.3 is 9.64 Å². The predicted octanol–water partition coefficient (Wildman–Crippen LogP) is 3.33. The van der Waals surface area contributed by atoms with Crippen molar-refractivity contribution in [3.05, 3.63) is 71.9 Å². The van der Waals surface area contributed by atoms with Gasteiger partial charge in [0, 0.05) is 32.5 Å². The second kappa shape index (κ2) is 8.64. The number of benzene rings is 2. The number of ether oxygens (including phenoxy) is 1. The van der Waals surface area contributed by atoms with E-state index < -0.39 is 0 Å². The molecule has 0 saturated carbocycles. The second-order valence-electron chi connectivity index (χ2n) is 6.28. The molecule has 2 aromatic carbocycles. The fraction of sp³-hybridized carbons (Fsp3) is 0.273. The van der Waals surface area contributed by atoms with Crippen molar-refractivity contribution in [1.82, 2.24) is 4.90 Å². The largest absolute Gasteiger partial charge is 0.385 e. The summed E-state index contributed by atoms with van der Waals surface area (Å²) in [7, 11) is 1.61. The smallest absolute Gasteiger partial charge is 0.278 e. The van der Waals surface area contributed by atoms with Crippen LogP contribution < -0.4 is 4.90 Å². The molecule has 3 rings (SSSR count). The molecule has 5 heteroatoms. The molecule has 0 atom stereocenters. The summed E-state index contributed by atoms with van der Waals surface area (Å²) in [6.45, 7) is 3.41. The van der Waals surface area contributed by atoms with Gasteiger partial charge in [0.05, 0.1) is 5.57 Å². The number of anilines is 1. The van der Waals surface area contributed by atoms with E-state index >= 15 is 0 Å². The number of likely N-dealkylation sites (N-methyl/N-ethyl adjacent to an activating group) is 1. The van der Waals surface area contributed by atoms with Crippen LogP contribution in [0.2, 0.25) is 0 Å². The average molecular weight is 364 g/mol. The van der Waals surface area contributed by atoms with Crippen LogP contribution in [0.25, 0.3) is 5.57 Å². The van der Waals surface area contributed by atoms with Crippen molar-refractivity contribution in [1.29, 1.82) is 0 Å². The van der Waals surface area contributed by atoms with E-state index in [2.05, 4.69) is 0 Å². The highest BCUT2D eigenvalue weighted by Gasteiger charge is 2.41. The highest BCUT2D eigenvalue weighted by molar-refractivity contribution is 6.36. The lowest BCUT2D eigenvalue weighted by atomic mass is 10.0. The Balaban J connectivity index is 2.07. The average Bonchev–Trinajstić information content (AvgIpc) is 2.95. The van der Waals surface area contributed by atoms with Crippen LogP contribution in [0.1, 0.15) is 18.9 Å². The zero-order valence-electron chi connectivity index (χ0n) is 15.7. The minimum absolute atomic E-state index is 0.244. The van der Waals surface area contributed by atoms with Gasteiger partial charge in [0.15, 0.2) is 0 Å². The summed E-state index contributed by atoms with van der Waals surface area (Å²) in [6, 6.07) is 19.1. The quantitative estimate of drug-likeness (QED) is 0.533. The van der Waals surface area contributed by atoms with Gasteiger partial charge in [-0.1, -0.05) is 48.5 Å². The van der Waals surface area contributed by atoms with Crippen molar-refractivity contribution in [2.24, 2.45) is 0 Å². The monoisotopic (exact) mass is 364 g/mol. The molecule has 0 bridgehead atoms. The van der Waals surface area contributed by atoms with Gasteiger partial charge in [0.25, 0.3) is 11.8 Å². The molecule has 0 spiro atoms. The van der Waals surface area contributed by atoms with Crippen LogP contribution in [0, 0.1) is 0 Å². The summed E-state index contributed by atoms with van der Waals surface area (Å²) in [5.74, 6) is -0.493. The van der Waals surface area contributed by atoms with Gasteiger partial charge in [0.2, 0.25) is 0 Å². The van der Waals surface area contributed by atoms with E-state index in [4.69, 9.17) is 4.74 Å². The molecule has 2 aromatic rings. The molecule has 0 fully saturated rings. The predicted molar refractivity (Wildman–Crippen MR) is 106 cm³/mol. The number of para-hydroxylation sites is 1. The normalized spacial score (nSPS) is 14.2. The molecule has 5 nitrogen and oxygen atoms in total. The van der Waals surface area contributed by atoms with Crippen LogP contribution in [0.3, 0.4) is 0 Å². The summed E-state index contributed by atoms with van der Waals surface area (Å²) in [4.78, 5) is 29.6. The van der Waals surface area contributed by atoms with Crippen molar-refractivity contribution in [2.75, 3.05) is 31.7 Å². The van der Waals surface area contributed by atoms with Crippen molar-refractivity contribution in [3.63, 3.8) is 0 Å². The van der Waals surface area contributed by atoms with E-state index in [1.54, 1.807) is 7.11 Å². The van der Waals surface area contributed by atoms with Crippen LogP contribution in [0.15, 0.2) is 66.4 Å². The molecule has 2 amide bonds. The van der Waals surface area contributed by atoms with Crippen LogP contribution in [0.4, 0.5) is 5.69 Å². The number of amides is 2. The van der Waals surface area contributed by atoms with Crippen LogP contribution in [0.5, 0.6) is 0 Å². The van der Waals surface area contributed by atoms with E-state index in [-0.39, 0.29) is 11.8 Å². The number of rotatable bonds is 8. The maximum absolute atomic E-state index is 13.2. The topological polar surface area (TPSA) is 49.9 Å². The zero-order valence-corrected chi connectivity index (χ0v) is 15.7. The lowest BCUT2D eigenvalue weighted by Gasteiger charge is -2.24. The Hall–Kier alpha value is -2.92. The maximum atomic E-state index is 13.2. The van der Waals surface area contributed by atoms with Gasteiger partial charge in [-0.05, 0) is 31.0 Å². The number of carbonyl (C=O) groups excluding carboxylic acids is 2. The summed E-state index contributed by atoms with van der Waals surface area (Å²) in [6.07, 6.45) is 0.612. The molecule has 0 radical (unpaired) electrons. The molecule has 0 saturated heterocycles. The standard InChI is InChI=1S/C22H24N2O3/c1-3-23(18-13-8-5-9-14-18)20-19(17-11-6-4-7-12-17)21(25)24(22(20)26)15-10-16-27-2/h4-9,11-14H,3,10,15-16H2,1-2H3. The van der Waals surface area contributed by atoms with Gasteiger partial charge >= 0.3 is 0 Å². The molecular formula is C22H24N2O3.